The molecule has 2 heterocycles. The first-order chi connectivity index (χ1) is 10.1. The van der Waals surface area contributed by atoms with Crippen LogP contribution in [0.4, 0.5) is 11.8 Å². The summed E-state index contributed by atoms with van der Waals surface area (Å²) in [5.74, 6) is 1.26. The van der Waals surface area contributed by atoms with E-state index >= 15 is 0 Å². The summed E-state index contributed by atoms with van der Waals surface area (Å²) in [5, 5.41) is 3.23. The zero-order valence-electron chi connectivity index (χ0n) is 12.1. The largest absolute Gasteiger partial charge is 0.369 e. The van der Waals surface area contributed by atoms with Gasteiger partial charge in [0.1, 0.15) is 5.82 Å². The van der Waals surface area contributed by atoms with E-state index in [-0.39, 0.29) is 11.5 Å². The van der Waals surface area contributed by atoms with Gasteiger partial charge >= 0.3 is 0 Å². The lowest BCUT2D eigenvalue weighted by molar-refractivity contribution is 0.491. The SMILES string of the molecule is Cc1ccc(CCC2CNc3nc(N)[nH]c(=O)c3C2)cc1. The van der Waals surface area contributed by atoms with Crippen molar-refractivity contribution >= 4 is 11.8 Å². The molecule has 1 unspecified atom stereocenters. The van der Waals surface area contributed by atoms with E-state index in [0.29, 0.717) is 11.7 Å². The molecular formula is C16H20N4O. The Balaban J connectivity index is 1.66. The average molecular weight is 284 g/mol. The summed E-state index contributed by atoms with van der Waals surface area (Å²) in [4.78, 5) is 18.6. The van der Waals surface area contributed by atoms with Crippen LogP contribution in [0.1, 0.15) is 23.1 Å². The second kappa shape index (κ2) is 5.60. The second-order valence-corrected chi connectivity index (χ2v) is 5.75. The van der Waals surface area contributed by atoms with Gasteiger partial charge in [0, 0.05) is 6.54 Å². The van der Waals surface area contributed by atoms with Gasteiger partial charge in [-0.3, -0.25) is 9.78 Å². The predicted octanol–water partition coefficient (Wildman–Crippen LogP) is 1.88. The van der Waals surface area contributed by atoms with Gasteiger partial charge in [0.05, 0.1) is 5.56 Å². The molecular weight excluding hydrogens is 264 g/mol. The van der Waals surface area contributed by atoms with Crippen LogP contribution in [0.15, 0.2) is 29.1 Å². The fourth-order valence-electron chi connectivity index (χ4n) is 2.78. The zero-order valence-corrected chi connectivity index (χ0v) is 12.1. The minimum Gasteiger partial charge on any atom is -0.369 e. The monoisotopic (exact) mass is 284 g/mol. The van der Waals surface area contributed by atoms with Crippen LogP contribution in [0, 0.1) is 12.8 Å². The van der Waals surface area contributed by atoms with Crippen LogP contribution in [-0.2, 0) is 12.8 Å². The van der Waals surface area contributed by atoms with Crippen molar-refractivity contribution in [3.63, 3.8) is 0 Å². The molecule has 1 aliphatic rings. The Morgan fingerprint density at radius 3 is 2.86 bits per heavy atom. The Kier molecular flexibility index (Phi) is 3.64. The molecule has 1 atom stereocenters. The van der Waals surface area contributed by atoms with E-state index in [9.17, 15) is 4.79 Å². The van der Waals surface area contributed by atoms with E-state index in [1.54, 1.807) is 0 Å². The third kappa shape index (κ3) is 3.07. The molecule has 0 fully saturated rings. The summed E-state index contributed by atoms with van der Waals surface area (Å²) in [6.45, 7) is 2.94. The summed E-state index contributed by atoms with van der Waals surface area (Å²) in [7, 11) is 0. The van der Waals surface area contributed by atoms with Gasteiger partial charge in [-0.1, -0.05) is 29.8 Å². The number of anilines is 2. The van der Waals surface area contributed by atoms with Crippen molar-refractivity contribution in [2.75, 3.05) is 17.6 Å². The van der Waals surface area contributed by atoms with E-state index in [4.69, 9.17) is 5.73 Å². The molecule has 5 heteroatoms. The molecule has 0 radical (unpaired) electrons. The number of hydrogen-bond donors (Lipinski definition) is 3. The number of benzene rings is 1. The third-order valence-corrected chi connectivity index (χ3v) is 4.05. The molecule has 0 saturated heterocycles. The standard InChI is InChI=1S/C16H20N4O/c1-10-2-4-11(5-3-10)6-7-12-8-13-14(18-9-12)19-16(17)20-15(13)21/h2-5,12H,6-9H2,1H3,(H4,17,18,19,20,21). The summed E-state index contributed by atoms with van der Waals surface area (Å²) in [6, 6.07) is 8.63. The number of nitrogens with one attached hydrogen (secondary N) is 2. The maximum absolute atomic E-state index is 11.9. The van der Waals surface area contributed by atoms with Crippen LogP contribution in [0.5, 0.6) is 0 Å². The highest BCUT2D eigenvalue weighted by Gasteiger charge is 2.22. The van der Waals surface area contributed by atoms with Crippen molar-refractivity contribution in [3.05, 3.63) is 51.3 Å². The molecule has 1 aromatic carbocycles. The van der Waals surface area contributed by atoms with Crippen molar-refractivity contribution in [1.82, 2.24) is 9.97 Å². The lowest BCUT2D eigenvalue weighted by atomic mass is 9.91. The van der Waals surface area contributed by atoms with Crippen LogP contribution in [0.2, 0.25) is 0 Å². The minimum absolute atomic E-state index is 0.120. The quantitative estimate of drug-likeness (QED) is 0.803. The molecule has 0 saturated carbocycles. The van der Waals surface area contributed by atoms with Gasteiger partial charge in [-0.25, -0.2) is 0 Å². The van der Waals surface area contributed by atoms with E-state index in [1.165, 1.54) is 11.1 Å². The lowest BCUT2D eigenvalue weighted by Gasteiger charge is -2.24. The highest BCUT2D eigenvalue weighted by Crippen LogP contribution is 2.23. The third-order valence-electron chi connectivity index (χ3n) is 4.05. The smallest absolute Gasteiger partial charge is 0.257 e. The van der Waals surface area contributed by atoms with Crippen LogP contribution in [-0.4, -0.2) is 16.5 Å². The van der Waals surface area contributed by atoms with Crippen molar-refractivity contribution < 1.29 is 0 Å². The molecule has 21 heavy (non-hydrogen) atoms. The Labute approximate surface area is 123 Å². The van der Waals surface area contributed by atoms with Crippen molar-refractivity contribution in [2.45, 2.75) is 26.2 Å². The van der Waals surface area contributed by atoms with E-state index in [2.05, 4.69) is 46.5 Å². The van der Waals surface area contributed by atoms with Gasteiger partial charge in [0.15, 0.2) is 0 Å². The number of aromatic amines is 1. The molecule has 1 aromatic heterocycles. The maximum Gasteiger partial charge on any atom is 0.257 e. The molecule has 0 spiro atoms. The van der Waals surface area contributed by atoms with Crippen LogP contribution in [0.25, 0.3) is 0 Å². The number of nitrogen functional groups attached to an aromatic ring is 1. The normalized spacial score (nSPS) is 17.1. The Bertz CT molecular complexity index is 690. The summed E-state index contributed by atoms with van der Waals surface area (Å²) in [5.41, 5.74) is 8.79. The predicted molar refractivity (Wildman–Crippen MR) is 84.5 cm³/mol. The zero-order chi connectivity index (χ0) is 14.8. The number of rotatable bonds is 3. The van der Waals surface area contributed by atoms with E-state index in [1.807, 2.05) is 0 Å². The number of nitrogens with zero attached hydrogens (tertiary/aromatic N) is 1. The molecule has 110 valence electrons. The molecule has 3 rings (SSSR count). The Morgan fingerprint density at radius 2 is 2.10 bits per heavy atom. The number of fused-ring (bicyclic) bond motifs is 1. The summed E-state index contributed by atoms with van der Waals surface area (Å²) < 4.78 is 0. The van der Waals surface area contributed by atoms with Gasteiger partial charge in [-0.05, 0) is 37.7 Å². The van der Waals surface area contributed by atoms with Gasteiger partial charge in [0.2, 0.25) is 5.95 Å². The maximum atomic E-state index is 11.9. The minimum atomic E-state index is -0.120. The molecule has 5 nitrogen and oxygen atoms in total. The number of H-pyrrole nitrogens is 1. The first-order valence-corrected chi connectivity index (χ1v) is 7.30. The van der Waals surface area contributed by atoms with Gasteiger partial charge in [0.25, 0.3) is 5.56 Å². The molecule has 1 aliphatic heterocycles. The topological polar surface area (TPSA) is 83.8 Å². The van der Waals surface area contributed by atoms with E-state index in [0.717, 1.165) is 31.4 Å². The number of nitrogens with two attached hydrogens (primary N) is 1. The van der Waals surface area contributed by atoms with Crippen molar-refractivity contribution in [1.29, 1.82) is 0 Å². The number of aryl methyl sites for hydroxylation is 2. The first kappa shape index (κ1) is 13.7. The molecule has 2 aromatic rings. The molecule has 0 aliphatic carbocycles. The number of hydrogen-bond acceptors (Lipinski definition) is 4. The summed E-state index contributed by atoms with van der Waals surface area (Å²) in [6.07, 6.45) is 2.85. The average Bonchev–Trinajstić information content (AvgIpc) is 2.47. The van der Waals surface area contributed by atoms with Gasteiger partial charge in [-0.15, -0.1) is 0 Å². The van der Waals surface area contributed by atoms with Crippen molar-refractivity contribution in [2.24, 2.45) is 5.92 Å². The highest BCUT2D eigenvalue weighted by atomic mass is 16.1. The fraction of sp³-hybridized carbons (Fsp3) is 0.375. The Hall–Kier alpha value is -2.30. The first-order valence-electron chi connectivity index (χ1n) is 7.30. The molecule has 4 N–H and O–H groups in total. The second-order valence-electron chi connectivity index (χ2n) is 5.75. The Morgan fingerprint density at radius 1 is 1.33 bits per heavy atom. The molecule has 0 amide bonds. The van der Waals surface area contributed by atoms with Crippen LogP contribution >= 0.6 is 0 Å². The van der Waals surface area contributed by atoms with Gasteiger partial charge < -0.3 is 11.1 Å². The molecule has 0 bridgehead atoms. The summed E-state index contributed by atoms with van der Waals surface area (Å²) >= 11 is 0. The lowest BCUT2D eigenvalue weighted by Crippen LogP contribution is -2.30. The highest BCUT2D eigenvalue weighted by molar-refractivity contribution is 5.48. The van der Waals surface area contributed by atoms with Crippen molar-refractivity contribution in [3.8, 4) is 0 Å². The van der Waals surface area contributed by atoms with E-state index < -0.39 is 0 Å². The van der Waals surface area contributed by atoms with Gasteiger partial charge in [-0.2, -0.15) is 4.98 Å². The fourth-order valence-corrected chi connectivity index (χ4v) is 2.78. The van der Waals surface area contributed by atoms with Crippen LogP contribution < -0.4 is 16.6 Å². The van der Waals surface area contributed by atoms with Crippen LogP contribution in [0.3, 0.4) is 0 Å². The number of aromatic nitrogens is 2.